The maximum Gasteiger partial charge on any atom is 0.303 e. The molecular formula is C11H23NO4. The largest absolute Gasteiger partial charge is 0.481 e. The second kappa shape index (κ2) is 10.9. The van der Waals surface area contributed by atoms with Gasteiger partial charge in [0.15, 0.2) is 0 Å². The Hall–Kier alpha value is -0.650. The average molecular weight is 233 g/mol. The molecule has 96 valence electrons. The molecule has 0 aliphatic heterocycles. The van der Waals surface area contributed by atoms with E-state index in [1.54, 1.807) is 7.11 Å². The second-order valence-corrected chi connectivity index (χ2v) is 3.76. The summed E-state index contributed by atoms with van der Waals surface area (Å²) in [4.78, 5) is 12.4. The van der Waals surface area contributed by atoms with Crippen LogP contribution in [0.15, 0.2) is 0 Å². The first-order chi connectivity index (χ1) is 7.66. The van der Waals surface area contributed by atoms with Gasteiger partial charge >= 0.3 is 5.97 Å². The van der Waals surface area contributed by atoms with Gasteiger partial charge in [-0.05, 0) is 26.4 Å². The SMILES string of the molecule is COCCCOCCN(C)CCCC(=O)O. The van der Waals surface area contributed by atoms with Crippen LogP contribution in [0.4, 0.5) is 0 Å². The van der Waals surface area contributed by atoms with Crippen molar-refractivity contribution in [1.82, 2.24) is 4.90 Å². The average Bonchev–Trinajstić information content (AvgIpc) is 2.22. The number of ether oxygens (including phenoxy) is 2. The molecule has 0 bridgehead atoms. The van der Waals surface area contributed by atoms with Gasteiger partial charge in [-0.25, -0.2) is 0 Å². The molecule has 0 aromatic rings. The number of carboxylic acids is 1. The fourth-order valence-electron chi connectivity index (χ4n) is 1.24. The highest BCUT2D eigenvalue weighted by molar-refractivity contribution is 5.66. The smallest absolute Gasteiger partial charge is 0.303 e. The van der Waals surface area contributed by atoms with Gasteiger partial charge in [0.1, 0.15) is 0 Å². The maximum atomic E-state index is 10.3. The topological polar surface area (TPSA) is 59.0 Å². The monoisotopic (exact) mass is 233 g/mol. The van der Waals surface area contributed by atoms with Gasteiger partial charge in [0.25, 0.3) is 0 Å². The summed E-state index contributed by atoms with van der Waals surface area (Å²) in [5.41, 5.74) is 0. The van der Waals surface area contributed by atoms with E-state index in [0.717, 1.165) is 32.7 Å². The molecule has 0 heterocycles. The number of carbonyl (C=O) groups is 1. The van der Waals surface area contributed by atoms with Gasteiger partial charge < -0.3 is 19.5 Å². The number of rotatable bonds is 11. The van der Waals surface area contributed by atoms with Gasteiger partial charge in [-0.1, -0.05) is 0 Å². The second-order valence-electron chi connectivity index (χ2n) is 3.76. The summed E-state index contributed by atoms with van der Waals surface area (Å²) in [6.45, 7) is 3.78. The molecule has 0 saturated carbocycles. The standard InChI is InChI=1S/C11H23NO4/c1-12(6-3-5-11(13)14)7-10-16-9-4-8-15-2/h3-10H2,1-2H3,(H,13,14). The Kier molecular flexibility index (Phi) is 10.4. The van der Waals surface area contributed by atoms with Crippen LogP contribution in [-0.4, -0.2) is 63.0 Å². The number of likely N-dealkylation sites (N-methyl/N-ethyl adjacent to an activating group) is 1. The van der Waals surface area contributed by atoms with Crippen molar-refractivity contribution >= 4 is 5.97 Å². The van der Waals surface area contributed by atoms with Crippen LogP contribution in [0, 0.1) is 0 Å². The van der Waals surface area contributed by atoms with Crippen molar-refractivity contribution in [3.05, 3.63) is 0 Å². The van der Waals surface area contributed by atoms with E-state index in [-0.39, 0.29) is 6.42 Å². The zero-order chi connectivity index (χ0) is 12.2. The van der Waals surface area contributed by atoms with Crippen LogP contribution in [0.1, 0.15) is 19.3 Å². The fourth-order valence-corrected chi connectivity index (χ4v) is 1.24. The minimum Gasteiger partial charge on any atom is -0.481 e. The lowest BCUT2D eigenvalue weighted by Crippen LogP contribution is -2.25. The lowest BCUT2D eigenvalue weighted by atomic mass is 10.3. The lowest BCUT2D eigenvalue weighted by molar-refractivity contribution is -0.137. The Labute approximate surface area is 97.3 Å². The van der Waals surface area contributed by atoms with Crippen LogP contribution in [0.3, 0.4) is 0 Å². The molecule has 0 saturated heterocycles. The first-order valence-electron chi connectivity index (χ1n) is 5.64. The van der Waals surface area contributed by atoms with E-state index in [4.69, 9.17) is 14.6 Å². The van der Waals surface area contributed by atoms with Gasteiger partial charge in [-0.15, -0.1) is 0 Å². The Morgan fingerprint density at radius 2 is 1.94 bits per heavy atom. The molecule has 0 aromatic carbocycles. The third kappa shape index (κ3) is 11.4. The number of nitrogens with zero attached hydrogens (tertiary/aromatic N) is 1. The van der Waals surface area contributed by atoms with Gasteiger partial charge in [0.05, 0.1) is 6.61 Å². The van der Waals surface area contributed by atoms with E-state index in [1.807, 2.05) is 7.05 Å². The Morgan fingerprint density at radius 3 is 2.56 bits per heavy atom. The van der Waals surface area contributed by atoms with E-state index in [0.29, 0.717) is 13.0 Å². The fraction of sp³-hybridized carbons (Fsp3) is 0.909. The molecule has 16 heavy (non-hydrogen) atoms. The summed E-state index contributed by atoms with van der Waals surface area (Å²) in [5, 5.41) is 8.47. The first kappa shape index (κ1) is 15.3. The summed E-state index contributed by atoms with van der Waals surface area (Å²) >= 11 is 0. The van der Waals surface area contributed by atoms with Gasteiger partial charge in [-0.2, -0.15) is 0 Å². The normalized spacial score (nSPS) is 10.9. The molecule has 0 aliphatic carbocycles. The molecule has 0 aromatic heterocycles. The number of carboxylic acid groups (broad SMARTS) is 1. The zero-order valence-electron chi connectivity index (χ0n) is 10.3. The van der Waals surface area contributed by atoms with E-state index in [1.165, 1.54) is 0 Å². The van der Waals surface area contributed by atoms with Crippen LogP contribution in [0.25, 0.3) is 0 Å². The minimum absolute atomic E-state index is 0.235. The molecule has 1 N–H and O–H groups in total. The van der Waals surface area contributed by atoms with Crippen molar-refractivity contribution < 1.29 is 19.4 Å². The molecule has 0 unspecified atom stereocenters. The molecule has 0 amide bonds. The van der Waals surface area contributed by atoms with E-state index < -0.39 is 5.97 Å². The van der Waals surface area contributed by atoms with E-state index in [2.05, 4.69) is 4.90 Å². The molecular weight excluding hydrogens is 210 g/mol. The molecule has 5 nitrogen and oxygen atoms in total. The first-order valence-corrected chi connectivity index (χ1v) is 5.64. The van der Waals surface area contributed by atoms with Crippen LogP contribution in [0.5, 0.6) is 0 Å². The lowest BCUT2D eigenvalue weighted by Gasteiger charge is -2.15. The molecule has 0 atom stereocenters. The molecule has 0 spiro atoms. The predicted octanol–water partition coefficient (Wildman–Crippen LogP) is 0.836. The van der Waals surface area contributed by atoms with Crippen molar-refractivity contribution in [2.75, 3.05) is 47.1 Å². The quantitative estimate of drug-likeness (QED) is 0.536. The van der Waals surface area contributed by atoms with Gasteiger partial charge in [0.2, 0.25) is 0 Å². The number of aliphatic carboxylic acids is 1. The maximum absolute atomic E-state index is 10.3. The highest BCUT2D eigenvalue weighted by Gasteiger charge is 2.01. The van der Waals surface area contributed by atoms with Gasteiger partial charge in [-0.3, -0.25) is 4.79 Å². The molecule has 0 fully saturated rings. The van der Waals surface area contributed by atoms with Gasteiger partial charge in [0, 0.05) is 33.3 Å². The summed E-state index contributed by atoms with van der Waals surface area (Å²) in [6, 6.07) is 0. The number of hydrogen-bond acceptors (Lipinski definition) is 4. The van der Waals surface area contributed by atoms with Crippen LogP contribution < -0.4 is 0 Å². The van der Waals surface area contributed by atoms with Crippen LogP contribution in [0.2, 0.25) is 0 Å². The predicted molar refractivity (Wildman–Crippen MR) is 61.7 cm³/mol. The van der Waals surface area contributed by atoms with Crippen molar-refractivity contribution in [1.29, 1.82) is 0 Å². The molecule has 0 aliphatic rings. The molecule has 0 rings (SSSR count). The molecule has 0 radical (unpaired) electrons. The highest BCUT2D eigenvalue weighted by atomic mass is 16.5. The number of methoxy groups -OCH3 is 1. The molecule has 5 heteroatoms. The van der Waals surface area contributed by atoms with Crippen molar-refractivity contribution in [2.45, 2.75) is 19.3 Å². The summed E-state index contributed by atoms with van der Waals surface area (Å²) < 4.78 is 10.3. The summed E-state index contributed by atoms with van der Waals surface area (Å²) in [6.07, 6.45) is 1.84. The minimum atomic E-state index is -0.732. The Morgan fingerprint density at radius 1 is 1.19 bits per heavy atom. The van der Waals surface area contributed by atoms with Crippen molar-refractivity contribution in [2.24, 2.45) is 0 Å². The highest BCUT2D eigenvalue weighted by Crippen LogP contribution is 1.93. The summed E-state index contributed by atoms with van der Waals surface area (Å²) in [5.74, 6) is -0.732. The van der Waals surface area contributed by atoms with Crippen LogP contribution in [-0.2, 0) is 14.3 Å². The number of hydrogen-bond donors (Lipinski definition) is 1. The van der Waals surface area contributed by atoms with Crippen LogP contribution >= 0.6 is 0 Å². The Balaban J connectivity index is 3.17. The zero-order valence-corrected chi connectivity index (χ0v) is 10.3. The third-order valence-electron chi connectivity index (χ3n) is 2.18. The van der Waals surface area contributed by atoms with E-state index >= 15 is 0 Å². The van der Waals surface area contributed by atoms with Crippen molar-refractivity contribution in [3.63, 3.8) is 0 Å². The summed E-state index contributed by atoms with van der Waals surface area (Å²) in [7, 11) is 3.65. The van der Waals surface area contributed by atoms with E-state index in [9.17, 15) is 4.79 Å². The third-order valence-corrected chi connectivity index (χ3v) is 2.18. The Bertz CT molecular complexity index is 175. The van der Waals surface area contributed by atoms with Crippen molar-refractivity contribution in [3.8, 4) is 0 Å².